The van der Waals surface area contributed by atoms with Crippen LogP contribution in [0.1, 0.15) is 100 Å². The molecule has 0 aromatic rings. The summed E-state index contributed by atoms with van der Waals surface area (Å²) in [4.78, 5) is 0. The van der Waals surface area contributed by atoms with Crippen LogP contribution < -0.4 is 0 Å². The summed E-state index contributed by atoms with van der Waals surface area (Å²) < 4.78 is 12.6. The van der Waals surface area contributed by atoms with E-state index in [2.05, 4.69) is 34.6 Å². The van der Waals surface area contributed by atoms with Crippen molar-refractivity contribution in [2.24, 2.45) is 45.3 Å². The molecule has 0 spiro atoms. The number of rotatable bonds is 7. The van der Waals surface area contributed by atoms with Crippen molar-refractivity contribution in [3.63, 3.8) is 0 Å². The molecule has 1 saturated heterocycles. The summed E-state index contributed by atoms with van der Waals surface area (Å²) in [7, 11) is 0. The van der Waals surface area contributed by atoms with Crippen LogP contribution in [0, 0.1) is 45.3 Å². The molecule has 0 aromatic carbocycles. The zero-order chi connectivity index (χ0) is 34.4. The van der Waals surface area contributed by atoms with Crippen molar-refractivity contribution in [2.45, 2.75) is 161 Å². The molecule has 16 unspecified atom stereocenters. The fraction of sp³-hybridized carbons (Fsp3) is 0.944. The lowest BCUT2D eigenvalue weighted by molar-refractivity contribution is -0.346. The lowest BCUT2D eigenvalue weighted by atomic mass is 9.34. The van der Waals surface area contributed by atoms with Crippen molar-refractivity contribution in [1.82, 2.24) is 0 Å². The van der Waals surface area contributed by atoms with Gasteiger partial charge < -0.3 is 50.3 Å². The van der Waals surface area contributed by atoms with Crippen molar-refractivity contribution in [3.8, 4) is 0 Å². The molecule has 5 aliphatic rings. The minimum absolute atomic E-state index is 0.0807. The third-order valence-corrected chi connectivity index (χ3v) is 14.2. The average Bonchev–Trinajstić information content (AvgIpc) is 3.32. The Morgan fingerprint density at radius 3 is 2.13 bits per heavy atom. The predicted molar refractivity (Wildman–Crippen MR) is 171 cm³/mol. The Kier molecular flexibility index (Phi) is 9.55. The zero-order valence-electron chi connectivity index (χ0n) is 29.1. The van der Waals surface area contributed by atoms with Gasteiger partial charge in [0.25, 0.3) is 0 Å². The second-order valence-electron chi connectivity index (χ2n) is 17.9. The highest BCUT2D eigenvalue weighted by atomic mass is 16.7. The summed E-state index contributed by atoms with van der Waals surface area (Å²) in [5.74, 6) is -0.516. The summed E-state index contributed by atoms with van der Waals surface area (Å²) in [6.45, 7) is 15.6. The Morgan fingerprint density at radius 2 is 1.52 bits per heavy atom. The van der Waals surface area contributed by atoms with Gasteiger partial charge in [-0.2, -0.15) is 0 Å². The van der Waals surface area contributed by atoms with E-state index < -0.39 is 72.2 Å². The average molecular weight is 655 g/mol. The van der Waals surface area contributed by atoms with Gasteiger partial charge in [0.05, 0.1) is 36.1 Å². The standard InChI is InChI=1S/C36H62O10/c1-31(2,43)12-9-13-36(8,44)19-10-15-34(6)25(19)20(38)16-23-33(5)14-11-24(39)32(3,4)29(33)21(17-35(23,34)7)45-30-28(42)27(41)26(40)22(18-37)46-30/h9,13,19-30,37-44H,10-12,14-18H2,1-8H3. The van der Waals surface area contributed by atoms with E-state index in [0.717, 1.165) is 19.3 Å². The molecule has 8 N–H and O–H groups in total. The molecule has 266 valence electrons. The van der Waals surface area contributed by atoms with Gasteiger partial charge in [0.1, 0.15) is 24.4 Å². The molecule has 4 saturated carbocycles. The first kappa shape index (κ1) is 36.6. The molecule has 16 atom stereocenters. The molecule has 46 heavy (non-hydrogen) atoms. The molecular formula is C36H62O10. The van der Waals surface area contributed by atoms with Crippen molar-refractivity contribution in [3.05, 3.63) is 12.2 Å². The highest BCUT2D eigenvalue weighted by Gasteiger charge is 2.73. The van der Waals surface area contributed by atoms with Crippen LogP contribution in [-0.4, -0.2) is 108 Å². The molecule has 0 bridgehead atoms. The smallest absolute Gasteiger partial charge is 0.186 e. The maximum Gasteiger partial charge on any atom is 0.186 e. The van der Waals surface area contributed by atoms with E-state index in [-0.39, 0.29) is 39.9 Å². The zero-order valence-corrected chi connectivity index (χ0v) is 29.1. The molecule has 1 aliphatic heterocycles. The normalized spacial score (nSPS) is 52.1. The molecule has 4 aliphatic carbocycles. The number of aliphatic hydroxyl groups is 8. The van der Waals surface area contributed by atoms with E-state index in [0.29, 0.717) is 25.7 Å². The first-order valence-electron chi connectivity index (χ1n) is 17.5. The van der Waals surface area contributed by atoms with Gasteiger partial charge in [-0.3, -0.25) is 0 Å². The molecule has 1 heterocycles. The second kappa shape index (κ2) is 12.0. The van der Waals surface area contributed by atoms with Crippen LogP contribution in [0.25, 0.3) is 0 Å². The fourth-order valence-electron chi connectivity index (χ4n) is 11.7. The third kappa shape index (κ3) is 5.64. The molecule has 10 nitrogen and oxygen atoms in total. The highest BCUT2D eigenvalue weighted by Crippen LogP contribution is 2.76. The van der Waals surface area contributed by atoms with E-state index in [4.69, 9.17) is 9.47 Å². The van der Waals surface area contributed by atoms with E-state index >= 15 is 0 Å². The SMILES string of the molecule is CC(C)(O)CC=CC(C)(O)C1CCC2(C)C1C(O)CC1C3(C)CCC(O)C(C)(C)C3C(OC3OC(CO)C(O)C(O)C3O)CC12C. The predicted octanol–water partition coefficient (Wildman–Crippen LogP) is 2.27. The van der Waals surface area contributed by atoms with Gasteiger partial charge in [-0.15, -0.1) is 0 Å². The first-order valence-corrected chi connectivity index (χ1v) is 17.5. The Bertz CT molecular complexity index is 1130. The number of ether oxygens (including phenoxy) is 2. The van der Waals surface area contributed by atoms with Crippen LogP contribution >= 0.6 is 0 Å². The van der Waals surface area contributed by atoms with Gasteiger partial charge in [-0.25, -0.2) is 0 Å². The van der Waals surface area contributed by atoms with Crippen molar-refractivity contribution < 1.29 is 50.3 Å². The maximum atomic E-state index is 12.1. The monoisotopic (exact) mass is 654 g/mol. The minimum atomic E-state index is -1.56. The number of hydrogen-bond acceptors (Lipinski definition) is 10. The molecule has 0 amide bonds. The molecule has 5 rings (SSSR count). The lowest BCUT2D eigenvalue weighted by Gasteiger charge is -2.72. The molecule has 0 aromatic heterocycles. The van der Waals surface area contributed by atoms with E-state index in [9.17, 15) is 40.9 Å². The maximum absolute atomic E-state index is 12.1. The first-order chi connectivity index (χ1) is 21.0. The Morgan fingerprint density at radius 1 is 0.870 bits per heavy atom. The van der Waals surface area contributed by atoms with Crippen LogP contribution in [0.5, 0.6) is 0 Å². The lowest BCUT2D eigenvalue weighted by Crippen LogP contribution is -2.71. The van der Waals surface area contributed by atoms with Crippen molar-refractivity contribution in [1.29, 1.82) is 0 Å². The van der Waals surface area contributed by atoms with E-state index in [1.54, 1.807) is 26.8 Å². The summed E-state index contributed by atoms with van der Waals surface area (Å²) in [5.41, 5.74) is -3.80. The molecule has 10 heteroatoms. The summed E-state index contributed by atoms with van der Waals surface area (Å²) in [6, 6.07) is 0. The quantitative estimate of drug-likeness (QED) is 0.150. The summed E-state index contributed by atoms with van der Waals surface area (Å²) >= 11 is 0. The van der Waals surface area contributed by atoms with Gasteiger partial charge >= 0.3 is 0 Å². The van der Waals surface area contributed by atoms with E-state index in [1.165, 1.54) is 0 Å². The number of fused-ring (bicyclic) bond motifs is 5. The Hall–Kier alpha value is -0.660. The largest absolute Gasteiger partial charge is 0.394 e. The van der Waals surface area contributed by atoms with Gasteiger partial charge in [0.2, 0.25) is 0 Å². The van der Waals surface area contributed by atoms with Crippen molar-refractivity contribution >= 4 is 0 Å². The summed E-state index contributed by atoms with van der Waals surface area (Å²) in [6.07, 6.45) is -0.744. The highest BCUT2D eigenvalue weighted by molar-refractivity contribution is 5.23. The molecule has 0 radical (unpaired) electrons. The van der Waals surface area contributed by atoms with Gasteiger partial charge in [-0.05, 0) is 111 Å². The van der Waals surface area contributed by atoms with Gasteiger partial charge in [0, 0.05) is 0 Å². The molecular weight excluding hydrogens is 592 g/mol. The minimum Gasteiger partial charge on any atom is -0.394 e. The van der Waals surface area contributed by atoms with Crippen LogP contribution in [0.3, 0.4) is 0 Å². The Balaban J connectivity index is 1.54. The fourth-order valence-corrected chi connectivity index (χ4v) is 11.7. The third-order valence-electron chi connectivity index (χ3n) is 14.2. The number of aliphatic hydroxyl groups excluding tert-OH is 6. The van der Waals surface area contributed by atoms with Crippen LogP contribution in [0.2, 0.25) is 0 Å². The van der Waals surface area contributed by atoms with Crippen molar-refractivity contribution in [2.75, 3.05) is 6.61 Å². The Labute approximate surface area is 274 Å². The molecule has 5 fully saturated rings. The van der Waals surface area contributed by atoms with Gasteiger partial charge in [0.15, 0.2) is 6.29 Å². The van der Waals surface area contributed by atoms with Crippen LogP contribution in [-0.2, 0) is 9.47 Å². The summed E-state index contributed by atoms with van der Waals surface area (Å²) in [5, 5.41) is 87.3. The van der Waals surface area contributed by atoms with Gasteiger partial charge in [-0.1, -0.05) is 46.8 Å². The topological polar surface area (TPSA) is 180 Å². The van der Waals surface area contributed by atoms with Crippen LogP contribution in [0.4, 0.5) is 0 Å². The second-order valence-corrected chi connectivity index (χ2v) is 17.9. The van der Waals surface area contributed by atoms with E-state index in [1.807, 2.05) is 6.08 Å². The number of hydrogen-bond donors (Lipinski definition) is 8. The van der Waals surface area contributed by atoms with Crippen LogP contribution in [0.15, 0.2) is 12.2 Å².